The van der Waals surface area contributed by atoms with Crippen molar-refractivity contribution in [1.29, 1.82) is 0 Å². The van der Waals surface area contributed by atoms with E-state index < -0.39 is 7.12 Å². The molecular weight excluding hydrogens is 201 g/mol. The molecule has 1 heterocycles. The summed E-state index contributed by atoms with van der Waals surface area (Å²) in [5, 5.41) is 22.7. The van der Waals surface area contributed by atoms with Gasteiger partial charge in [-0.3, -0.25) is 0 Å². The highest BCUT2D eigenvalue weighted by molar-refractivity contribution is 6.43. The minimum absolute atomic E-state index is 0.0735. The molecule has 5 atom stereocenters. The number of nitrogens with one attached hydrogen (secondary N) is 1. The predicted molar refractivity (Wildman–Crippen MR) is 64.0 cm³/mol. The first kappa shape index (κ1) is 11.1. The average Bonchev–Trinajstić information content (AvgIpc) is 2.67. The fraction of sp³-hybridized carbons (Fsp3) is 1.00. The van der Waals surface area contributed by atoms with Crippen LogP contribution in [-0.4, -0.2) is 29.3 Å². The van der Waals surface area contributed by atoms with Crippen molar-refractivity contribution in [1.82, 2.24) is 5.32 Å². The molecular formula is C12H22BNO2. The Morgan fingerprint density at radius 1 is 0.875 bits per heavy atom. The molecule has 0 aromatic heterocycles. The highest BCUT2D eigenvalue weighted by Gasteiger charge is 2.50. The predicted octanol–water partition coefficient (Wildman–Crippen LogP) is 1.16. The molecule has 1 aliphatic heterocycles. The first-order valence-electron chi connectivity index (χ1n) is 6.89. The zero-order valence-corrected chi connectivity index (χ0v) is 9.81. The maximum Gasteiger partial charge on any atom is 0.456 e. The molecule has 3 nitrogen and oxygen atoms in total. The zero-order chi connectivity index (χ0) is 11.1. The summed E-state index contributed by atoms with van der Waals surface area (Å²) in [4.78, 5) is 0. The van der Waals surface area contributed by atoms with E-state index in [2.05, 4.69) is 5.32 Å². The zero-order valence-electron chi connectivity index (χ0n) is 9.81. The van der Waals surface area contributed by atoms with Gasteiger partial charge >= 0.3 is 7.12 Å². The van der Waals surface area contributed by atoms with Crippen LogP contribution in [-0.2, 0) is 0 Å². The summed E-state index contributed by atoms with van der Waals surface area (Å²) in [6.45, 7) is 0. The van der Waals surface area contributed by atoms with Gasteiger partial charge in [-0.05, 0) is 31.1 Å². The van der Waals surface area contributed by atoms with Crippen LogP contribution in [0.5, 0.6) is 0 Å². The van der Waals surface area contributed by atoms with E-state index >= 15 is 0 Å². The number of fused-ring (bicyclic) bond motifs is 3. The third-order valence-corrected chi connectivity index (χ3v) is 5.16. The fourth-order valence-corrected chi connectivity index (χ4v) is 4.45. The Hall–Kier alpha value is -0.0551. The standard InChI is InChI=1S/C12H22BNO2/c15-13(16)10-6-3-5-9-8-4-1-2-7-11(8)14-12(9)10/h8-12,14-16H,1-7H2. The van der Waals surface area contributed by atoms with E-state index in [0.717, 1.165) is 12.3 Å². The third kappa shape index (κ3) is 1.71. The van der Waals surface area contributed by atoms with E-state index in [4.69, 9.17) is 0 Å². The number of hydrogen-bond acceptors (Lipinski definition) is 3. The van der Waals surface area contributed by atoms with Gasteiger partial charge in [-0.2, -0.15) is 0 Å². The van der Waals surface area contributed by atoms with E-state index in [1.807, 2.05) is 0 Å². The molecule has 2 saturated carbocycles. The van der Waals surface area contributed by atoms with Crippen LogP contribution in [0, 0.1) is 11.8 Å². The topological polar surface area (TPSA) is 52.5 Å². The molecule has 2 aliphatic carbocycles. The maximum atomic E-state index is 9.47. The summed E-state index contributed by atoms with van der Waals surface area (Å²) >= 11 is 0. The average molecular weight is 223 g/mol. The van der Waals surface area contributed by atoms with Gasteiger partial charge in [-0.15, -0.1) is 0 Å². The van der Waals surface area contributed by atoms with Gasteiger partial charge in [0.05, 0.1) is 0 Å². The summed E-state index contributed by atoms with van der Waals surface area (Å²) in [5.74, 6) is 1.61. The van der Waals surface area contributed by atoms with Crippen LogP contribution in [0.25, 0.3) is 0 Å². The summed E-state index contributed by atoms with van der Waals surface area (Å²) < 4.78 is 0. The number of hydrogen-bond donors (Lipinski definition) is 3. The van der Waals surface area contributed by atoms with Crippen LogP contribution in [0.2, 0.25) is 5.82 Å². The Kier molecular flexibility index (Phi) is 2.98. The molecule has 3 aliphatic rings. The lowest BCUT2D eigenvalue weighted by Crippen LogP contribution is -2.43. The van der Waals surface area contributed by atoms with Crippen molar-refractivity contribution in [3.8, 4) is 0 Å². The molecule has 3 fully saturated rings. The molecule has 0 radical (unpaired) electrons. The van der Waals surface area contributed by atoms with Crippen LogP contribution in [0.4, 0.5) is 0 Å². The Labute approximate surface area is 97.8 Å². The van der Waals surface area contributed by atoms with Crippen LogP contribution < -0.4 is 5.32 Å². The van der Waals surface area contributed by atoms with E-state index in [0.29, 0.717) is 18.0 Å². The molecule has 90 valence electrons. The van der Waals surface area contributed by atoms with E-state index in [9.17, 15) is 10.0 Å². The summed E-state index contributed by atoms with van der Waals surface area (Å²) in [6.07, 6.45) is 8.82. The second kappa shape index (κ2) is 4.32. The van der Waals surface area contributed by atoms with Crippen molar-refractivity contribution in [2.45, 2.75) is 62.8 Å². The van der Waals surface area contributed by atoms with Crippen molar-refractivity contribution in [2.75, 3.05) is 0 Å². The third-order valence-electron chi connectivity index (χ3n) is 5.16. The molecule has 0 aromatic rings. The SMILES string of the molecule is OB(O)C1CCCC2C3CCCCC3NC12. The molecule has 5 unspecified atom stereocenters. The van der Waals surface area contributed by atoms with E-state index in [1.165, 1.54) is 38.5 Å². The first-order valence-corrected chi connectivity index (χ1v) is 6.89. The molecule has 0 spiro atoms. The van der Waals surface area contributed by atoms with Crippen LogP contribution in [0.3, 0.4) is 0 Å². The number of rotatable bonds is 1. The van der Waals surface area contributed by atoms with E-state index in [-0.39, 0.29) is 5.82 Å². The lowest BCUT2D eigenvalue weighted by Gasteiger charge is -2.35. The van der Waals surface area contributed by atoms with Gasteiger partial charge in [0.1, 0.15) is 0 Å². The molecule has 0 aromatic carbocycles. The Bertz CT molecular complexity index is 261. The van der Waals surface area contributed by atoms with Gasteiger partial charge in [0.2, 0.25) is 0 Å². The molecule has 4 heteroatoms. The van der Waals surface area contributed by atoms with Crippen LogP contribution in [0.15, 0.2) is 0 Å². The molecule has 3 N–H and O–H groups in total. The van der Waals surface area contributed by atoms with Crippen LogP contribution >= 0.6 is 0 Å². The van der Waals surface area contributed by atoms with Crippen molar-refractivity contribution in [3.63, 3.8) is 0 Å². The van der Waals surface area contributed by atoms with Gasteiger partial charge in [-0.25, -0.2) is 0 Å². The molecule has 3 rings (SSSR count). The van der Waals surface area contributed by atoms with Gasteiger partial charge in [-0.1, -0.05) is 25.7 Å². The monoisotopic (exact) mass is 223 g/mol. The Balaban J connectivity index is 1.78. The molecule has 0 bridgehead atoms. The highest BCUT2D eigenvalue weighted by atomic mass is 16.4. The summed E-state index contributed by atoms with van der Waals surface area (Å²) in [6, 6.07) is 1.05. The summed E-state index contributed by atoms with van der Waals surface area (Å²) in [5.41, 5.74) is 0. The lowest BCUT2D eigenvalue weighted by atomic mass is 9.58. The van der Waals surface area contributed by atoms with Crippen molar-refractivity contribution in [2.24, 2.45) is 11.8 Å². The summed E-state index contributed by atoms with van der Waals surface area (Å²) in [7, 11) is -1.12. The van der Waals surface area contributed by atoms with Crippen molar-refractivity contribution >= 4 is 7.12 Å². The minimum atomic E-state index is -1.12. The molecule has 1 saturated heterocycles. The Morgan fingerprint density at radius 3 is 2.44 bits per heavy atom. The second-order valence-corrected chi connectivity index (χ2v) is 5.92. The van der Waals surface area contributed by atoms with E-state index in [1.54, 1.807) is 0 Å². The largest absolute Gasteiger partial charge is 0.456 e. The minimum Gasteiger partial charge on any atom is -0.427 e. The smallest absolute Gasteiger partial charge is 0.427 e. The van der Waals surface area contributed by atoms with Gasteiger partial charge in [0.15, 0.2) is 0 Å². The first-order chi connectivity index (χ1) is 7.77. The second-order valence-electron chi connectivity index (χ2n) is 5.92. The van der Waals surface area contributed by atoms with Gasteiger partial charge < -0.3 is 15.4 Å². The van der Waals surface area contributed by atoms with Crippen molar-refractivity contribution < 1.29 is 10.0 Å². The normalized spacial score (nSPS) is 47.2. The van der Waals surface area contributed by atoms with Crippen LogP contribution in [0.1, 0.15) is 44.9 Å². The van der Waals surface area contributed by atoms with Crippen molar-refractivity contribution in [3.05, 3.63) is 0 Å². The lowest BCUT2D eigenvalue weighted by molar-refractivity contribution is 0.218. The molecule has 0 amide bonds. The highest BCUT2D eigenvalue weighted by Crippen LogP contribution is 2.47. The fourth-order valence-electron chi connectivity index (χ4n) is 4.45. The molecule has 16 heavy (non-hydrogen) atoms. The Morgan fingerprint density at radius 2 is 1.62 bits per heavy atom. The maximum absolute atomic E-state index is 9.47. The van der Waals surface area contributed by atoms with Gasteiger partial charge in [0.25, 0.3) is 0 Å². The quantitative estimate of drug-likeness (QED) is 0.584. The van der Waals surface area contributed by atoms with Gasteiger partial charge in [0, 0.05) is 17.9 Å².